The van der Waals surface area contributed by atoms with Crippen LogP contribution in [-0.2, 0) is 9.59 Å². The maximum atomic E-state index is 13.2. The normalized spacial score (nSPS) is 17.4. The second-order valence-electron chi connectivity index (χ2n) is 7.58. The number of rotatable bonds is 6. The Kier molecular flexibility index (Phi) is 6.89. The summed E-state index contributed by atoms with van der Waals surface area (Å²) < 4.78 is 47.8. The zero-order valence-corrected chi connectivity index (χ0v) is 19.4. The van der Waals surface area contributed by atoms with Gasteiger partial charge in [-0.3, -0.25) is 19.5 Å². The van der Waals surface area contributed by atoms with Gasteiger partial charge in [0.1, 0.15) is 17.3 Å². The number of ketones is 1. The molecule has 1 saturated heterocycles. The highest BCUT2D eigenvalue weighted by Crippen LogP contribution is 2.43. The Bertz CT molecular complexity index is 1350. The van der Waals surface area contributed by atoms with Crippen LogP contribution in [0.15, 0.2) is 72.6 Å². The van der Waals surface area contributed by atoms with Gasteiger partial charge in [0.2, 0.25) is 0 Å². The van der Waals surface area contributed by atoms with Gasteiger partial charge in [-0.1, -0.05) is 23.7 Å². The van der Waals surface area contributed by atoms with Crippen molar-refractivity contribution in [3.63, 3.8) is 0 Å². The zero-order valence-electron chi connectivity index (χ0n) is 18.6. The van der Waals surface area contributed by atoms with Gasteiger partial charge in [-0.05, 0) is 48.9 Å². The van der Waals surface area contributed by atoms with Crippen LogP contribution in [0.25, 0.3) is 5.76 Å². The number of halogens is 4. The molecule has 0 bridgehead atoms. The first kappa shape index (κ1) is 25.1. The molecule has 3 aromatic rings. The van der Waals surface area contributed by atoms with Crippen molar-refractivity contribution in [1.29, 1.82) is 0 Å². The van der Waals surface area contributed by atoms with Crippen LogP contribution in [0.5, 0.6) is 11.5 Å². The van der Waals surface area contributed by atoms with Crippen molar-refractivity contribution >= 4 is 34.7 Å². The third-order valence-corrected chi connectivity index (χ3v) is 5.59. The molecule has 0 spiro atoms. The monoisotopic (exact) mass is 518 g/mol. The summed E-state index contributed by atoms with van der Waals surface area (Å²) >= 11 is 6.13. The van der Waals surface area contributed by atoms with Crippen LogP contribution in [0, 0.1) is 0 Å². The number of carbonyl (C=O) groups excluding carboxylic acids is 2. The lowest BCUT2D eigenvalue weighted by Crippen LogP contribution is -2.29. The van der Waals surface area contributed by atoms with Gasteiger partial charge in [0, 0.05) is 29.7 Å². The lowest BCUT2D eigenvalue weighted by molar-refractivity contribution is -0.274. The number of amides is 1. The van der Waals surface area contributed by atoms with Crippen molar-refractivity contribution in [3.05, 3.63) is 88.7 Å². The first-order valence-electron chi connectivity index (χ1n) is 10.6. The van der Waals surface area contributed by atoms with Gasteiger partial charge in [0.15, 0.2) is 0 Å². The molecule has 1 N–H and O–H groups in total. The molecule has 2 aromatic carbocycles. The van der Waals surface area contributed by atoms with Gasteiger partial charge in [-0.15, -0.1) is 13.2 Å². The van der Waals surface area contributed by atoms with Crippen molar-refractivity contribution in [3.8, 4) is 11.5 Å². The van der Waals surface area contributed by atoms with E-state index in [1.54, 1.807) is 19.1 Å². The number of benzene rings is 2. The van der Waals surface area contributed by atoms with E-state index in [2.05, 4.69) is 9.72 Å². The number of Topliss-reactive ketones (excluding diaryl/α,β-unsaturated/α-hetero) is 1. The maximum Gasteiger partial charge on any atom is 0.573 e. The summed E-state index contributed by atoms with van der Waals surface area (Å²) in [5.74, 6) is -2.91. The van der Waals surface area contributed by atoms with Crippen LogP contribution < -0.4 is 14.4 Å². The van der Waals surface area contributed by atoms with E-state index in [1.165, 1.54) is 42.7 Å². The second kappa shape index (κ2) is 9.90. The minimum Gasteiger partial charge on any atom is -0.507 e. The fourth-order valence-electron chi connectivity index (χ4n) is 3.85. The summed E-state index contributed by atoms with van der Waals surface area (Å²) in [6, 6.07) is 10.9. The lowest BCUT2D eigenvalue weighted by Gasteiger charge is -2.25. The highest BCUT2D eigenvalue weighted by molar-refractivity contribution is 6.51. The third-order valence-electron chi connectivity index (χ3n) is 5.28. The summed E-state index contributed by atoms with van der Waals surface area (Å²) in [7, 11) is 0. The number of aliphatic hydroxyl groups is 1. The Balaban J connectivity index is 1.88. The largest absolute Gasteiger partial charge is 0.573 e. The summed E-state index contributed by atoms with van der Waals surface area (Å²) in [4.78, 5) is 31.4. The van der Waals surface area contributed by atoms with Crippen LogP contribution in [0.1, 0.15) is 24.1 Å². The van der Waals surface area contributed by atoms with E-state index in [9.17, 15) is 27.9 Å². The number of alkyl halides is 3. The Hall–Kier alpha value is -4.05. The lowest BCUT2D eigenvalue weighted by atomic mass is 9.96. The molecule has 11 heteroatoms. The Labute approximate surface area is 208 Å². The van der Waals surface area contributed by atoms with Gasteiger partial charge in [-0.25, -0.2) is 0 Å². The number of ether oxygens (including phenoxy) is 2. The Morgan fingerprint density at radius 2 is 1.92 bits per heavy atom. The molecular formula is C25H18ClF3N2O5. The quantitative estimate of drug-likeness (QED) is 0.257. The zero-order chi connectivity index (χ0) is 26.0. The number of hydrogen-bond acceptors (Lipinski definition) is 6. The third kappa shape index (κ3) is 4.99. The molecule has 186 valence electrons. The van der Waals surface area contributed by atoms with E-state index in [1.807, 2.05) is 0 Å². The number of carbonyl (C=O) groups is 2. The average Bonchev–Trinajstić information content (AvgIpc) is 3.10. The van der Waals surface area contributed by atoms with Crippen molar-refractivity contribution < 1.29 is 37.3 Å². The van der Waals surface area contributed by atoms with E-state index in [4.69, 9.17) is 16.3 Å². The Morgan fingerprint density at radius 1 is 1.14 bits per heavy atom. The summed E-state index contributed by atoms with van der Waals surface area (Å²) in [5, 5.41) is 11.5. The molecule has 0 saturated carbocycles. The molecule has 0 aliphatic carbocycles. The van der Waals surface area contributed by atoms with Gasteiger partial charge in [-0.2, -0.15) is 0 Å². The standard InChI is InChI=1S/C25H18ClF3N2O5/c1-2-35-19-11-14(8-9-18(19)26)22(32)20-21(15-5-4-10-30-13-15)31(24(34)23(20)33)16-6-3-7-17(12-16)36-25(27,28)29/h3-13,21,32H,2H2,1H3/b22-20+. The number of hydrogen-bond donors (Lipinski definition) is 1. The molecule has 1 aliphatic rings. The number of aliphatic hydroxyl groups excluding tert-OH is 1. The van der Waals surface area contributed by atoms with E-state index in [0.29, 0.717) is 12.2 Å². The highest BCUT2D eigenvalue weighted by Gasteiger charge is 2.47. The molecule has 1 unspecified atom stereocenters. The summed E-state index contributed by atoms with van der Waals surface area (Å²) in [6.07, 6.45) is -2.09. The topological polar surface area (TPSA) is 89.0 Å². The van der Waals surface area contributed by atoms with Crippen molar-refractivity contribution in [2.24, 2.45) is 0 Å². The van der Waals surface area contributed by atoms with Gasteiger partial charge >= 0.3 is 6.36 Å². The molecule has 4 rings (SSSR count). The molecule has 2 heterocycles. The fraction of sp³-hybridized carbons (Fsp3) is 0.160. The van der Waals surface area contributed by atoms with Crippen molar-refractivity contribution in [2.45, 2.75) is 19.3 Å². The molecular weight excluding hydrogens is 501 g/mol. The van der Waals surface area contributed by atoms with E-state index in [0.717, 1.165) is 17.0 Å². The molecule has 36 heavy (non-hydrogen) atoms. The molecule has 1 aliphatic heterocycles. The van der Waals surface area contributed by atoms with Gasteiger partial charge in [0.05, 0.1) is 23.2 Å². The van der Waals surface area contributed by atoms with Crippen LogP contribution in [0.3, 0.4) is 0 Å². The molecule has 1 amide bonds. The number of nitrogens with zero attached hydrogens (tertiary/aromatic N) is 2. The van der Waals surface area contributed by atoms with E-state index >= 15 is 0 Å². The minimum atomic E-state index is -4.96. The van der Waals surface area contributed by atoms with Crippen LogP contribution in [0.4, 0.5) is 18.9 Å². The summed E-state index contributed by atoms with van der Waals surface area (Å²) in [6.45, 7) is 2.04. The second-order valence-corrected chi connectivity index (χ2v) is 7.99. The molecule has 0 radical (unpaired) electrons. The van der Waals surface area contributed by atoms with E-state index in [-0.39, 0.29) is 27.6 Å². The fourth-order valence-corrected chi connectivity index (χ4v) is 4.03. The molecule has 1 atom stereocenters. The molecule has 7 nitrogen and oxygen atoms in total. The summed E-state index contributed by atoms with van der Waals surface area (Å²) in [5.41, 5.74) is 0.182. The van der Waals surface area contributed by atoms with Crippen LogP contribution in [0.2, 0.25) is 5.02 Å². The highest BCUT2D eigenvalue weighted by atomic mass is 35.5. The van der Waals surface area contributed by atoms with Gasteiger partial charge in [0.25, 0.3) is 11.7 Å². The van der Waals surface area contributed by atoms with Gasteiger partial charge < -0.3 is 14.6 Å². The average molecular weight is 519 g/mol. The maximum absolute atomic E-state index is 13.2. The van der Waals surface area contributed by atoms with Crippen molar-refractivity contribution in [2.75, 3.05) is 11.5 Å². The van der Waals surface area contributed by atoms with E-state index < -0.39 is 35.6 Å². The molecule has 1 aromatic heterocycles. The SMILES string of the molecule is CCOc1cc(/C(O)=C2\C(=O)C(=O)N(c3cccc(OC(F)(F)F)c3)C2c2cccnc2)ccc1Cl. The predicted molar refractivity (Wildman–Crippen MR) is 125 cm³/mol. The van der Waals surface area contributed by atoms with Crippen LogP contribution >= 0.6 is 11.6 Å². The minimum absolute atomic E-state index is 0.0436. The van der Waals surface area contributed by atoms with Crippen LogP contribution in [-0.4, -0.2) is 34.8 Å². The van der Waals surface area contributed by atoms with Crippen molar-refractivity contribution in [1.82, 2.24) is 4.98 Å². The smallest absolute Gasteiger partial charge is 0.507 e. The first-order chi connectivity index (χ1) is 17.1. The predicted octanol–water partition coefficient (Wildman–Crippen LogP) is 5.66. The molecule has 1 fully saturated rings. The number of aromatic nitrogens is 1. The first-order valence-corrected chi connectivity index (χ1v) is 11.0. The number of pyridine rings is 1. The number of anilines is 1. The Morgan fingerprint density at radius 3 is 2.58 bits per heavy atom.